The molecule has 2 heterocycles. The minimum Gasteiger partial charge on any atom is -0.316 e. The van der Waals surface area contributed by atoms with Crippen molar-refractivity contribution in [2.45, 2.75) is 45.4 Å². The van der Waals surface area contributed by atoms with Gasteiger partial charge in [-0.25, -0.2) is 0 Å². The Hall–Kier alpha value is -0.890. The summed E-state index contributed by atoms with van der Waals surface area (Å²) in [6.07, 6.45) is 9.05. The van der Waals surface area contributed by atoms with Crippen molar-refractivity contribution in [2.24, 2.45) is 0 Å². The molecule has 1 fully saturated rings. The molecule has 0 amide bonds. The lowest BCUT2D eigenvalue weighted by Gasteiger charge is -2.22. The van der Waals surface area contributed by atoms with Crippen LogP contribution < -0.4 is 5.32 Å². The molecule has 0 aromatic carbocycles. The van der Waals surface area contributed by atoms with Gasteiger partial charge in [0, 0.05) is 18.9 Å². The Kier molecular flexibility index (Phi) is 6.82. The van der Waals surface area contributed by atoms with Crippen molar-refractivity contribution in [3.8, 4) is 0 Å². The molecule has 1 aromatic heterocycles. The Morgan fingerprint density at radius 1 is 1.38 bits per heavy atom. The lowest BCUT2D eigenvalue weighted by molar-refractivity contribution is 0.461. The molecular formula is C14H24N2. The van der Waals surface area contributed by atoms with E-state index in [2.05, 4.69) is 30.2 Å². The zero-order valence-electron chi connectivity index (χ0n) is 10.6. The molecule has 1 atom stereocenters. The quantitative estimate of drug-likeness (QED) is 0.826. The van der Waals surface area contributed by atoms with Gasteiger partial charge < -0.3 is 5.32 Å². The van der Waals surface area contributed by atoms with E-state index in [9.17, 15) is 0 Å². The van der Waals surface area contributed by atoms with Gasteiger partial charge >= 0.3 is 0 Å². The SMILES string of the molecule is CCCC.c1cncc(C2CCCNC2)c1. The number of piperidine rings is 1. The van der Waals surface area contributed by atoms with Crippen molar-refractivity contribution in [1.29, 1.82) is 0 Å². The molecule has 1 aromatic rings. The van der Waals surface area contributed by atoms with Crippen LogP contribution in [0.15, 0.2) is 24.5 Å². The summed E-state index contributed by atoms with van der Waals surface area (Å²) >= 11 is 0. The van der Waals surface area contributed by atoms with Crippen LogP contribution in [0.2, 0.25) is 0 Å². The first-order valence-electron chi connectivity index (χ1n) is 6.49. The van der Waals surface area contributed by atoms with E-state index in [1.807, 2.05) is 18.5 Å². The van der Waals surface area contributed by atoms with Gasteiger partial charge in [0.1, 0.15) is 0 Å². The van der Waals surface area contributed by atoms with E-state index in [0.29, 0.717) is 5.92 Å². The highest BCUT2D eigenvalue weighted by Crippen LogP contribution is 2.21. The van der Waals surface area contributed by atoms with Crippen LogP contribution in [0.5, 0.6) is 0 Å². The Morgan fingerprint density at radius 2 is 2.19 bits per heavy atom. The van der Waals surface area contributed by atoms with Crippen LogP contribution in [-0.2, 0) is 0 Å². The monoisotopic (exact) mass is 220 g/mol. The number of hydrogen-bond acceptors (Lipinski definition) is 2. The normalized spacial score (nSPS) is 19.8. The Morgan fingerprint density at radius 3 is 2.69 bits per heavy atom. The maximum Gasteiger partial charge on any atom is 0.0303 e. The van der Waals surface area contributed by atoms with E-state index in [0.717, 1.165) is 6.54 Å². The van der Waals surface area contributed by atoms with Gasteiger partial charge in [-0.3, -0.25) is 4.98 Å². The van der Waals surface area contributed by atoms with Gasteiger partial charge in [-0.2, -0.15) is 0 Å². The summed E-state index contributed by atoms with van der Waals surface area (Å²) in [4.78, 5) is 4.13. The fourth-order valence-corrected chi connectivity index (χ4v) is 1.75. The second-order valence-corrected chi connectivity index (χ2v) is 4.33. The van der Waals surface area contributed by atoms with Crippen LogP contribution in [0.3, 0.4) is 0 Å². The summed E-state index contributed by atoms with van der Waals surface area (Å²) in [5, 5.41) is 3.41. The highest BCUT2D eigenvalue weighted by molar-refractivity contribution is 5.15. The number of pyridine rings is 1. The summed E-state index contributed by atoms with van der Waals surface area (Å²) in [6.45, 7) is 6.66. The summed E-state index contributed by atoms with van der Waals surface area (Å²) in [5.41, 5.74) is 1.38. The number of nitrogens with one attached hydrogen (secondary N) is 1. The molecule has 90 valence electrons. The molecule has 0 bridgehead atoms. The smallest absolute Gasteiger partial charge is 0.0303 e. The van der Waals surface area contributed by atoms with Gasteiger partial charge in [-0.1, -0.05) is 32.8 Å². The van der Waals surface area contributed by atoms with Gasteiger partial charge in [0.15, 0.2) is 0 Å². The van der Waals surface area contributed by atoms with Crippen molar-refractivity contribution in [3.05, 3.63) is 30.1 Å². The van der Waals surface area contributed by atoms with Crippen LogP contribution in [0.1, 0.15) is 51.0 Å². The summed E-state index contributed by atoms with van der Waals surface area (Å²) in [5.74, 6) is 0.687. The Bertz CT molecular complexity index is 251. The minimum atomic E-state index is 0.687. The number of aromatic nitrogens is 1. The molecule has 0 spiro atoms. The minimum absolute atomic E-state index is 0.687. The van der Waals surface area contributed by atoms with Crippen molar-refractivity contribution in [2.75, 3.05) is 13.1 Å². The van der Waals surface area contributed by atoms with Crippen molar-refractivity contribution >= 4 is 0 Å². The van der Waals surface area contributed by atoms with Crippen LogP contribution in [0, 0.1) is 0 Å². The lowest BCUT2D eigenvalue weighted by atomic mass is 9.93. The largest absolute Gasteiger partial charge is 0.316 e. The zero-order chi connectivity index (χ0) is 11.6. The fraction of sp³-hybridized carbons (Fsp3) is 0.643. The van der Waals surface area contributed by atoms with Crippen molar-refractivity contribution in [3.63, 3.8) is 0 Å². The van der Waals surface area contributed by atoms with Crippen LogP contribution >= 0.6 is 0 Å². The first kappa shape index (κ1) is 13.2. The van der Waals surface area contributed by atoms with Crippen molar-refractivity contribution < 1.29 is 0 Å². The third kappa shape index (κ3) is 4.75. The maximum atomic E-state index is 4.13. The van der Waals surface area contributed by atoms with Gasteiger partial charge in [0.25, 0.3) is 0 Å². The standard InChI is InChI=1S/C10H14N2.C4H10/c1-3-9(7-11-5-1)10-4-2-6-12-8-10;1-3-4-2/h1,3,5,7,10,12H,2,4,6,8H2;3-4H2,1-2H3. The molecule has 16 heavy (non-hydrogen) atoms. The van der Waals surface area contributed by atoms with Gasteiger partial charge in [-0.15, -0.1) is 0 Å². The van der Waals surface area contributed by atoms with Gasteiger partial charge in [-0.05, 0) is 36.9 Å². The van der Waals surface area contributed by atoms with E-state index < -0.39 is 0 Å². The second-order valence-electron chi connectivity index (χ2n) is 4.33. The second kappa shape index (κ2) is 8.28. The predicted molar refractivity (Wildman–Crippen MR) is 69.7 cm³/mol. The maximum absolute atomic E-state index is 4.13. The topological polar surface area (TPSA) is 24.9 Å². The average Bonchev–Trinajstić information content (AvgIpc) is 2.41. The van der Waals surface area contributed by atoms with Gasteiger partial charge in [0.2, 0.25) is 0 Å². The molecule has 1 N–H and O–H groups in total. The number of nitrogens with zero attached hydrogens (tertiary/aromatic N) is 1. The highest BCUT2D eigenvalue weighted by atomic mass is 14.9. The molecule has 0 radical (unpaired) electrons. The number of hydrogen-bond donors (Lipinski definition) is 1. The average molecular weight is 220 g/mol. The number of unbranched alkanes of at least 4 members (excludes halogenated alkanes) is 1. The zero-order valence-corrected chi connectivity index (χ0v) is 10.6. The third-order valence-corrected chi connectivity index (χ3v) is 2.95. The van der Waals surface area contributed by atoms with Crippen LogP contribution in [-0.4, -0.2) is 18.1 Å². The fourth-order valence-electron chi connectivity index (χ4n) is 1.75. The molecule has 1 aliphatic heterocycles. The van der Waals surface area contributed by atoms with E-state index in [4.69, 9.17) is 0 Å². The molecule has 1 unspecified atom stereocenters. The highest BCUT2D eigenvalue weighted by Gasteiger charge is 2.14. The van der Waals surface area contributed by atoms with E-state index >= 15 is 0 Å². The van der Waals surface area contributed by atoms with Gasteiger partial charge in [0.05, 0.1) is 0 Å². The first-order valence-corrected chi connectivity index (χ1v) is 6.49. The molecule has 2 heteroatoms. The molecule has 0 aliphatic carbocycles. The first-order chi connectivity index (χ1) is 7.88. The molecule has 0 saturated carbocycles. The van der Waals surface area contributed by atoms with Crippen LogP contribution in [0.4, 0.5) is 0 Å². The number of rotatable bonds is 2. The predicted octanol–water partition coefficient (Wildman–Crippen LogP) is 3.36. The third-order valence-electron chi connectivity index (χ3n) is 2.95. The summed E-state index contributed by atoms with van der Waals surface area (Å²) in [7, 11) is 0. The Labute approximate surface area is 99.5 Å². The van der Waals surface area contributed by atoms with E-state index in [-0.39, 0.29) is 0 Å². The molecule has 2 rings (SSSR count). The summed E-state index contributed by atoms with van der Waals surface area (Å²) in [6, 6.07) is 4.19. The molecular weight excluding hydrogens is 196 g/mol. The Balaban J connectivity index is 0.000000280. The van der Waals surface area contributed by atoms with Crippen molar-refractivity contribution in [1.82, 2.24) is 10.3 Å². The van der Waals surface area contributed by atoms with E-state index in [1.54, 1.807) is 0 Å². The lowest BCUT2D eigenvalue weighted by Crippen LogP contribution is -2.28. The van der Waals surface area contributed by atoms with Crippen LogP contribution in [0.25, 0.3) is 0 Å². The molecule has 2 nitrogen and oxygen atoms in total. The molecule has 1 saturated heterocycles. The summed E-state index contributed by atoms with van der Waals surface area (Å²) < 4.78 is 0. The van der Waals surface area contributed by atoms with E-state index in [1.165, 1.54) is 37.8 Å². The molecule has 1 aliphatic rings.